The lowest BCUT2D eigenvalue weighted by atomic mass is 10.0. The molecule has 0 N–H and O–H groups in total. The molecular weight excluding hydrogens is 502 g/mol. The molecule has 1 saturated heterocycles. The van der Waals surface area contributed by atoms with Gasteiger partial charge in [0.05, 0.1) is 46.4 Å². The first-order valence-corrected chi connectivity index (χ1v) is 14.3. The van der Waals surface area contributed by atoms with Crippen LogP contribution < -0.4 is 5.69 Å². The lowest BCUT2D eigenvalue weighted by Gasteiger charge is -2.32. The van der Waals surface area contributed by atoms with E-state index in [1.54, 1.807) is 40.2 Å². The van der Waals surface area contributed by atoms with Crippen LogP contribution in [-0.4, -0.2) is 60.4 Å². The third-order valence-electron chi connectivity index (χ3n) is 7.50. The number of fused-ring (bicyclic) bond motifs is 3. The Bertz CT molecular complexity index is 1830. The maximum absolute atomic E-state index is 13.5. The van der Waals surface area contributed by atoms with Crippen molar-refractivity contribution in [3.8, 4) is 22.4 Å². The molecule has 11 heteroatoms. The Morgan fingerprint density at radius 1 is 1.00 bits per heavy atom. The first-order valence-electron chi connectivity index (χ1n) is 12.7. The van der Waals surface area contributed by atoms with Gasteiger partial charge in [-0.2, -0.15) is 9.40 Å². The molecule has 0 amide bonds. The van der Waals surface area contributed by atoms with Crippen LogP contribution in [0.25, 0.3) is 44.3 Å². The normalized spacial score (nSPS) is 17.0. The maximum atomic E-state index is 13.5. The number of benzene rings is 1. The molecule has 6 rings (SSSR count). The second-order valence-electron chi connectivity index (χ2n) is 9.82. The second-order valence-corrected chi connectivity index (χ2v) is 12.1. The summed E-state index contributed by atoms with van der Waals surface area (Å²) in [6, 6.07) is 9.75. The number of imidazole rings is 1. The number of hydrogen-bond donors (Lipinski definition) is 0. The average molecular weight is 532 g/mol. The Morgan fingerprint density at radius 2 is 1.82 bits per heavy atom. The van der Waals surface area contributed by atoms with E-state index in [-0.39, 0.29) is 17.5 Å². The highest BCUT2D eigenvalue weighted by Crippen LogP contribution is 2.32. The summed E-state index contributed by atoms with van der Waals surface area (Å²) in [6.07, 6.45) is 8.71. The largest absolute Gasteiger partial charge is 0.329 e. The summed E-state index contributed by atoms with van der Waals surface area (Å²) >= 11 is 0. The molecule has 5 aromatic rings. The van der Waals surface area contributed by atoms with Gasteiger partial charge in [0.2, 0.25) is 10.0 Å². The summed E-state index contributed by atoms with van der Waals surface area (Å²) in [5, 5.41) is 5.07. The Morgan fingerprint density at radius 3 is 2.53 bits per heavy atom. The Hall–Kier alpha value is -3.83. The quantitative estimate of drug-likeness (QED) is 0.344. The van der Waals surface area contributed by atoms with Crippen molar-refractivity contribution in [3.05, 3.63) is 65.6 Å². The molecule has 1 aliphatic rings. The molecule has 1 atom stereocenters. The van der Waals surface area contributed by atoms with Gasteiger partial charge >= 0.3 is 5.69 Å². The molecule has 196 valence electrons. The van der Waals surface area contributed by atoms with Crippen LogP contribution in [0, 0.1) is 0 Å². The Kier molecular flexibility index (Phi) is 5.92. The minimum Gasteiger partial charge on any atom is -0.293 e. The van der Waals surface area contributed by atoms with Crippen molar-refractivity contribution < 1.29 is 8.42 Å². The van der Waals surface area contributed by atoms with Crippen LogP contribution in [0.3, 0.4) is 0 Å². The van der Waals surface area contributed by atoms with E-state index in [9.17, 15) is 13.2 Å². The number of aromatic nitrogens is 6. The summed E-state index contributed by atoms with van der Waals surface area (Å²) in [5.41, 5.74) is 5.80. The third kappa shape index (κ3) is 4.02. The maximum Gasteiger partial charge on any atom is 0.329 e. The van der Waals surface area contributed by atoms with E-state index in [0.29, 0.717) is 19.5 Å². The molecule has 4 aromatic heterocycles. The smallest absolute Gasteiger partial charge is 0.293 e. The van der Waals surface area contributed by atoms with Gasteiger partial charge in [-0.25, -0.2) is 13.2 Å². The molecular formula is C27H29N7O3S. The van der Waals surface area contributed by atoms with Gasteiger partial charge in [-0.3, -0.25) is 23.8 Å². The van der Waals surface area contributed by atoms with Crippen LogP contribution in [0.2, 0.25) is 0 Å². The fourth-order valence-electron chi connectivity index (χ4n) is 5.40. The van der Waals surface area contributed by atoms with Gasteiger partial charge in [-0.05, 0) is 43.5 Å². The minimum atomic E-state index is -3.34. The lowest BCUT2D eigenvalue weighted by Crippen LogP contribution is -2.43. The van der Waals surface area contributed by atoms with Gasteiger partial charge < -0.3 is 0 Å². The van der Waals surface area contributed by atoms with Crippen LogP contribution in [0.5, 0.6) is 0 Å². The van der Waals surface area contributed by atoms with Gasteiger partial charge in [-0.15, -0.1) is 0 Å². The summed E-state index contributed by atoms with van der Waals surface area (Å²) in [6.45, 7) is 2.43. The monoisotopic (exact) mass is 531 g/mol. The van der Waals surface area contributed by atoms with E-state index in [2.05, 4.69) is 15.1 Å². The fourth-order valence-corrected chi connectivity index (χ4v) is 6.57. The molecule has 0 aliphatic carbocycles. The van der Waals surface area contributed by atoms with Crippen LogP contribution in [-0.2, 0) is 24.1 Å². The second kappa shape index (κ2) is 9.17. The predicted octanol–water partition coefficient (Wildman–Crippen LogP) is 3.34. The standard InChI is InChI=1S/C27H29N7O3S/c1-4-38(36,37)33-11-5-6-21(17-33)34-26-22-12-18(7-10-24(22)29-15-25(26)32(3)27(34)35)19-8-9-23(28-13-19)20-14-30-31(2)16-20/h7-10,12-16,21H,4-6,11,17H2,1-3H3/t21-/m1/s1. The molecule has 0 saturated carbocycles. The van der Waals surface area contributed by atoms with Crippen LogP contribution in [0.4, 0.5) is 0 Å². The molecule has 0 spiro atoms. The molecule has 38 heavy (non-hydrogen) atoms. The summed E-state index contributed by atoms with van der Waals surface area (Å²) < 4.78 is 31.9. The number of sulfonamides is 1. The zero-order chi connectivity index (χ0) is 26.6. The molecule has 1 fully saturated rings. The van der Waals surface area contributed by atoms with Gasteiger partial charge in [-0.1, -0.05) is 12.1 Å². The molecule has 5 heterocycles. The van der Waals surface area contributed by atoms with E-state index in [0.717, 1.165) is 50.7 Å². The lowest BCUT2D eigenvalue weighted by molar-refractivity contribution is 0.266. The van der Waals surface area contributed by atoms with Crippen molar-refractivity contribution in [2.75, 3.05) is 18.8 Å². The molecule has 1 aliphatic heterocycles. The highest BCUT2D eigenvalue weighted by molar-refractivity contribution is 7.89. The van der Waals surface area contributed by atoms with Gasteiger partial charge in [0.15, 0.2) is 0 Å². The predicted molar refractivity (Wildman–Crippen MR) is 147 cm³/mol. The van der Waals surface area contributed by atoms with Gasteiger partial charge in [0.1, 0.15) is 0 Å². The van der Waals surface area contributed by atoms with Gasteiger partial charge in [0, 0.05) is 56.1 Å². The van der Waals surface area contributed by atoms with E-state index < -0.39 is 10.0 Å². The fraction of sp³-hybridized carbons (Fsp3) is 0.333. The van der Waals surface area contributed by atoms with Crippen molar-refractivity contribution in [1.82, 2.24) is 33.2 Å². The molecule has 0 unspecified atom stereocenters. The number of pyridine rings is 2. The van der Waals surface area contributed by atoms with Gasteiger partial charge in [0.25, 0.3) is 0 Å². The Balaban J connectivity index is 1.47. The number of hydrogen-bond acceptors (Lipinski definition) is 6. The van der Waals surface area contributed by atoms with E-state index in [1.807, 2.05) is 49.8 Å². The van der Waals surface area contributed by atoms with E-state index in [4.69, 9.17) is 0 Å². The van der Waals surface area contributed by atoms with E-state index >= 15 is 0 Å². The van der Waals surface area contributed by atoms with Crippen molar-refractivity contribution in [3.63, 3.8) is 0 Å². The van der Waals surface area contributed by atoms with E-state index in [1.165, 1.54) is 4.31 Å². The number of aryl methyl sites for hydroxylation is 2. The number of piperidine rings is 1. The Labute approximate surface area is 220 Å². The van der Waals surface area contributed by atoms with Crippen molar-refractivity contribution in [1.29, 1.82) is 0 Å². The third-order valence-corrected chi connectivity index (χ3v) is 9.34. The zero-order valence-electron chi connectivity index (χ0n) is 21.6. The van der Waals surface area contributed by atoms with Crippen molar-refractivity contribution in [2.24, 2.45) is 14.1 Å². The zero-order valence-corrected chi connectivity index (χ0v) is 22.4. The van der Waals surface area contributed by atoms with Crippen LogP contribution >= 0.6 is 0 Å². The van der Waals surface area contributed by atoms with Crippen molar-refractivity contribution in [2.45, 2.75) is 25.8 Å². The molecule has 0 radical (unpaired) electrons. The summed E-state index contributed by atoms with van der Waals surface area (Å²) in [7, 11) is 0.270. The number of rotatable bonds is 5. The van der Waals surface area contributed by atoms with Crippen molar-refractivity contribution >= 4 is 32.0 Å². The first-order chi connectivity index (χ1) is 18.3. The SMILES string of the molecule is CCS(=O)(=O)N1CCC[C@@H](n2c(=O)n(C)c3cnc4ccc(-c5ccc(-c6cnn(C)c6)nc5)cc4c32)C1. The number of nitrogens with zero attached hydrogens (tertiary/aromatic N) is 7. The summed E-state index contributed by atoms with van der Waals surface area (Å²) in [5.74, 6) is 0.0496. The first kappa shape index (κ1) is 24.5. The minimum absolute atomic E-state index is 0.0496. The topological polar surface area (TPSA) is 108 Å². The van der Waals surface area contributed by atoms with Crippen LogP contribution in [0.1, 0.15) is 25.8 Å². The van der Waals surface area contributed by atoms with Crippen LogP contribution in [0.15, 0.2) is 59.9 Å². The summed E-state index contributed by atoms with van der Waals surface area (Å²) in [4.78, 5) is 22.8. The highest BCUT2D eigenvalue weighted by atomic mass is 32.2. The highest BCUT2D eigenvalue weighted by Gasteiger charge is 2.31. The average Bonchev–Trinajstić information content (AvgIpc) is 3.49. The molecule has 1 aromatic carbocycles. The molecule has 0 bridgehead atoms. The molecule has 10 nitrogen and oxygen atoms in total.